The molecule has 2 heterocycles. The van der Waals surface area contributed by atoms with Gasteiger partial charge in [0, 0.05) is 22.2 Å². The summed E-state index contributed by atoms with van der Waals surface area (Å²) < 4.78 is 0. The second-order valence-corrected chi connectivity index (χ2v) is 7.48. The first-order chi connectivity index (χ1) is 12.1. The lowest BCUT2D eigenvalue weighted by atomic mass is 10.1. The molecule has 1 aromatic carbocycles. The second kappa shape index (κ2) is 7.68. The maximum Gasteiger partial charge on any atom is 0.266 e. The van der Waals surface area contributed by atoms with Crippen LogP contribution in [-0.2, 0) is 6.42 Å². The Balaban J connectivity index is 1.91. The molecular weight excluding hydrogens is 350 g/mol. The first-order valence-electron chi connectivity index (χ1n) is 7.80. The number of rotatable bonds is 5. The quantitative estimate of drug-likeness (QED) is 0.732. The second-order valence-electron chi connectivity index (χ2n) is 5.64. The SMILES string of the molecule is CSCCc1ccc(-c2nc(-c3cc(C#N)c(=O)[nH]c3C)cs2)cc1. The van der Waals surface area contributed by atoms with Gasteiger partial charge < -0.3 is 4.98 Å². The van der Waals surface area contributed by atoms with E-state index in [-0.39, 0.29) is 11.1 Å². The number of benzene rings is 1. The van der Waals surface area contributed by atoms with Gasteiger partial charge in [-0.25, -0.2) is 4.98 Å². The number of aromatic amines is 1. The predicted octanol–water partition coefficient (Wildman–Crippen LogP) is 4.25. The van der Waals surface area contributed by atoms with Crippen LogP contribution in [0.4, 0.5) is 0 Å². The molecule has 2 aromatic heterocycles. The smallest absolute Gasteiger partial charge is 0.266 e. The Morgan fingerprint density at radius 3 is 2.76 bits per heavy atom. The molecule has 0 fully saturated rings. The van der Waals surface area contributed by atoms with Crippen molar-refractivity contribution in [3.63, 3.8) is 0 Å². The molecular formula is C19H17N3OS2. The van der Waals surface area contributed by atoms with Gasteiger partial charge in [0.25, 0.3) is 5.56 Å². The molecule has 0 spiro atoms. The van der Waals surface area contributed by atoms with Crippen LogP contribution >= 0.6 is 23.1 Å². The van der Waals surface area contributed by atoms with Crippen LogP contribution in [0.15, 0.2) is 40.5 Å². The average Bonchev–Trinajstić information content (AvgIpc) is 3.10. The highest BCUT2D eigenvalue weighted by Crippen LogP contribution is 2.30. The Hall–Kier alpha value is -2.36. The maximum atomic E-state index is 11.7. The van der Waals surface area contributed by atoms with E-state index in [0.717, 1.165) is 34.0 Å². The number of thiazole rings is 1. The zero-order valence-corrected chi connectivity index (χ0v) is 15.6. The van der Waals surface area contributed by atoms with E-state index in [2.05, 4.69) is 35.5 Å². The number of nitriles is 1. The van der Waals surface area contributed by atoms with Crippen molar-refractivity contribution < 1.29 is 0 Å². The summed E-state index contributed by atoms with van der Waals surface area (Å²) in [7, 11) is 0. The molecule has 25 heavy (non-hydrogen) atoms. The summed E-state index contributed by atoms with van der Waals surface area (Å²) in [5, 5.41) is 11.9. The zero-order valence-electron chi connectivity index (χ0n) is 14.0. The van der Waals surface area contributed by atoms with E-state index in [9.17, 15) is 4.79 Å². The maximum absolute atomic E-state index is 11.7. The number of hydrogen-bond donors (Lipinski definition) is 1. The molecule has 0 atom stereocenters. The summed E-state index contributed by atoms with van der Waals surface area (Å²) >= 11 is 3.40. The van der Waals surface area contributed by atoms with E-state index >= 15 is 0 Å². The fourth-order valence-corrected chi connectivity index (χ4v) is 3.80. The van der Waals surface area contributed by atoms with E-state index in [1.165, 1.54) is 5.56 Å². The summed E-state index contributed by atoms with van der Waals surface area (Å²) in [5.41, 5.74) is 4.42. The van der Waals surface area contributed by atoms with Gasteiger partial charge in [0.1, 0.15) is 16.6 Å². The van der Waals surface area contributed by atoms with Crippen molar-refractivity contribution in [2.24, 2.45) is 0 Å². The van der Waals surface area contributed by atoms with Crippen LogP contribution in [0, 0.1) is 18.3 Å². The van der Waals surface area contributed by atoms with Gasteiger partial charge in [-0.2, -0.15) is 17.0 Å². The summed E-state index contributed by atoms with van der Waals surface area (Å²) in [6.07, 6.45) is 3.18. The Bertz CT molecular complexity index is 981. The number of thioether (sulfide) groups is 1. The molecule has 0 saturated heterocycles. The Morgan fingerprint density at radius 1 is 1.32 bits per heavy atom. The number of pyridine rings is 1. The third kappa shape index (κ3) is 3.84. The summed E-state index contributed by atoms with van der Waals surface area (Å²) in [6.45, 7) is 1.82. The van der Waals surface area contributed by atoms with Gasteiger partial charge in [-0.15, -0.1) is 11.3 Å². The molecule has 0 unspecified atom stereocenters. The van der Waals surface area contributed by atoms with E-state index in [1.54, 1.807) is 17.4 Å². The van der Waals surface area contributed by atoms with E-state index < -0.39 is 0 Å². The third-order valence-corrected chi connectivity index (χ3v) is 5.44. The van der Waals surface area contributed by atoms with E-state index in [4.69, 9.17) is 10.2 Å². The van der Waals surface area contributed by atoms with Gasteiger partial charge in [-0.1, -0.05) is 24.3 Å². The molecule has 0 aliphatic carbocycles. The first kappa shape index (κ1) is 17.5. The van der Waals surface area contributed by atoms with Crippen molar-refractivity contribution in [1.82, 2.24) is 9.97 Å². The number of nitrogens with zero attached hydrogens (tertiary/aromatic N) is 2. The third-order valence-electron chi connectivity index (χ3n) is 3.93. The van der Waals surface area contributed by atoms with Crippen molar-refractivity contribution in [2.75, 3.05) is 12.0 Å². The molecule has 6 heteroatoms. The van der Waals surface area contributed by atoms with Gasteiger partial charge in [-0.3, -0.25) is 4.79 Å². The minimum atomic E-state index is -0.361. The van der Waals surface area contributed by atoms with Crippen LogP contribution in [0.2, 0.25) is 0 Å². The van der Waals surface area contributed by atoms with Crippen molar-refractivity contribution in [3.8, 4) is 27.9 Å². The minimum Gasteiger partial charge on any atom is -0.325 e. The molecule has 3 rings (SSSR count). The van der Waals surface area contributed by atoms with Crippen LogP contribution in [0.25, 0.3) is 21.8 Å². The van der Waals surface area contributed by atoms with Crippen molar-refractivity contribution in [1.29, 1.82) is 5.26 Å². The molecule has 0 amide bonds. The molecule has 1 N–H and O–H groups in total. The van der Waals surface area contributed by atoms with Crippen LogP contribution in [-0.4, -0.2) is 22.0 Å². The predicted molar refractivity (Wildman–Crippen MR) is 105 cm³/mol. The average molecular weight is 367 g/mol. The van der Waals surface area contributed by atoms with E-state index in [0.29, 0.717) is 5.69 Å². The highest BCUT2D eigenvalue weighted by molar-refractivity contribution is 7.98. The highest BCUT2D eigenvalue weighted by Gasteiger charge is 2.12. The topological polar surface area (TPSA) is 69.5 Å². The van der Waals surface area contributed by atoms with E-state index in [1.807, 2.05) is 30.1 Å². The molecule has 0 radical (unpaired) electrons. The number of aromatic nitrogens is 2. The molecule has 4 nitrogen and oxygen atoms in total. The monoisotopic (exact) mass is 367 g/mol. The molecule has 0 aliphatic heterocycles. The molecule has 3 aromatic rings. The fraction of sp³-hybridized carbons (Fsp3) is 0.211. The van der Waals surface area contributed by atoms with Gasteiger partial charge in [0.15, 0.2) is 0 Å². The lowest BCUT2D eigenvalue weighted by Gasteiger charge is -2.03. The van der Waals surface area contributed by atoms with Gasteiger partial charge >= 0.3 is 0 Å². The highest BCUT2D eigenvalue weighted by atomic mass is 32.2. The molecule has 0 bridgehead atoms. The zero-order chi connectivity index (χ0) is 17.8. The lowest BCUT2D eigenvalue weighted by molar-refractivity contribution is 1.13. The number of nitrogens with one attached hydrogen (secondary N) is 1. The standard InChI is InChI=1S/C19H17N3OS2/c1-12-16(9-15(10-20)18(23)21-12)17-11-25-19(22-17)14-5-3-13(4-6-14)7-8-24-2/h3-6,9,11H,7-8H2,1-2H3,(H,21,23). The van der Waals surface area contributed by atoms with Crippen molar-refractivity contribution >= 4 is 23.1 Å². The summed E-state index contributed by atoms with van der Waals surface area (Å²) in [5.74, 6) is 1.12. The van der Waals surface area contributed by atoms with Gasteiger partial charge in [0.2, 0.25) is 0 Å². The van der Waals surface area contributed by atoms with Gasteiger partial charge in [-0.05, 0) is 37.0 Å². The van der Waals surface area contributed by atoms with Crippen LogP contribution in [0.1, 0.15) is 16.8 Å². The minimum absolute atomic E-state index is 0.105. The lowest BCUT2D eigenvalue weighted by Crippen LogP contribution is -2.11. The number of aryl methyl sites for hydroxylation is 2. The van der Waals surface area contributed by atoms with Gasteiger partial charge in [0.05, 0.1) is 5.69 Å². The Kier molecular flexibility index (Phi) is 5.37. The Labute approximate surface area is 154 Å². The number of H-pyrrole nitrogens is 1. The van der Waals surface area contributed by atoms with Crippen LogP contribution in [0.5, 0.6) is 0 Å². The fourth-order valence-electron chi connectivity index (χ4n) is 2.54. The molecule has 0 aliphatic rings. The van der Waals surface area contributed by atoms with Crippen molar-refractivity contribution in [3.05, 3.63) is 62.9 Å². The normalized spacial score (nSPS) is 10.6. The summed E-state index contributed by atoms with van der Waals surface area (Å²) in [4.78, 5) is 19.1. The number of hydrogen-bond acceptors (Lipinski definition) is 5. The summed E-state index contributed by atoms with van der Waals surface area (Å²) in [6, 6.07) is 12.0. The largest absolute Gasteiger partial charge is 0.325 e. The van der Waals surface area contributed by atoms with Crippen LogP contribution in [0.3, 0.4) is 0 Å². The molecule has 0 saturated carbocycles. The molecule has 126 valence electrons. The first-order valence-corrected chi connectivity index (χ1v) is 10.1. The Morgan fingerprint density at radius 2 is 2.08 bits per heavy atom. The van der Waals surface area contributed by atoms with Crippen molar-refractivity contribution in [2.45, 2.75) is 13.3 Å². The van der Waals surface area contributed by atoms with Crippen LogP contribution < -0.4 is 5.56 Å².